The van der Waals surface area contributed by atoms with E-state index in [-0.39, 0.29) is 11.6 Å². The first kappa shape index (κ1) is 38.5. The molecule has 0 aromatic rings. The second-order valence-electron chi connectivity index (χ2n) is 14.0. The Morgan fingerprint density at radius 3 is 0.977 bits per heavy atom. The minimum Gasteiger partial charge on any atom is -0.298 e. The molecule has 0 aliphatic heterocycles. The zero-order chi connectivity index (χ0) is 31.9. The molecule has 0 aromatic heterocycles. The molecule has 2 aliphatic carbocycles. The van der Waals surface area contributed by atoms with Crippen molar-refractivity contribution in [1.82, 2.24) is 0 Å². The molecule has 2 rings (SSSR count). The summed E-state index contributed by atoms with van der Waals surface area (Å²) in [7, 11) is 0. The van der Waals surface area contributed by atoms with Crippen LogP contribution in [-0.4, -0.2) is 23.5 Å². The van der Waals surface area contributed by atoms with Crippen LogP contribution in [0.3, 0.4) is 0 Å². The van der Waals surface area contributed by atoms with E-state index >= 15 is 0 Å². The topological polar surface area (TPSA) is 86.7 Å². The predicted molar refractivity (Wildman–Crippen MR) is 177 cm³/mol. The second kappa shape index (κ2) is 22.7. The smallest absolute Gasteiger partial charge is 0.298 e. The van der Waals surface area contributed by atoms with Crippen LogP contribution in [0.5, 0.6) is 0 Å². The lowest BCUT2D eigenvalue weighted by Crippen LogP contribution is -2.45. The molecule has 0 spiro atoms. The Morgan fingerprint density at radius 1 is 0.409 bits per heavy atom. The lowest BCUT2D eigenvalue weighted by molar-refractivity contribution is -0.273. The molecule has 0 saturated heterocycles. The van der Waals surface area contributed by atoms with Gasteiger partial charge in [-0.3, -0.25) is 9.59 Å². The number of rotatable bonds is 24. The molecule has 0 amide bonds. The van der Waals surface area contributed by atoms with Crippen molar-refractivity contribution < 1.29 is 29.0 Å². The van der Waals surface area contributed by atoms with Gasteiger partial charge in [0.25, 0.3) is 0 Å². The van der Waals surface area contributed by atoms with Crippen LogP contribution >= 0.6 is 0 Å². The Kier molecular flexibility index (Phi) is 19.9. The third-order valence-electron chi connectivity index (χ3n) is 10.5. The summed E-state index contributed by atoms with van der Waals surface area (Å²) in [6.45, 7) is 4.45. The fourth-order valence-corrected chi connectivity index (χ4v) is 7.41. The van der Waals surface area contributed by atoms with E-state index in [2.05, 4.69) is 13.8 Å². The van der Waals surface area contributed by atoms with Crippen LogP contribution in [0, 0.1) is 10.8 Å². The van der Waals surface area contributed by atoms with E-state index in [0.29, 0.717) is 38.5 Å². The van der Waals surface area contributed by atoms with Crippen LogP contribution in [0.25, 0.3) is 0 Å². The third-order valence-corrected chi connectivity index (χ3v) is 10.5. The van der Waals surface area contributed by atoms with Gasteiger partial charge >= 0.3 is 11.9 Å². The van der Waals surface area contributed by atoms with Gasteiger partial charge in [0.15, 0.2) is 0 Å². The van der Waals surface area contributed by atoms with Crippen molar-refractivity contribution in [2.45, 2.75) is 206 Å². The third kappa shape index (κ3) is 12.9. The summed E-state index contributed by atoms with van der Waals surface area (Å²) < 4.78 is 0. The van der Waals surface area contributed by atoms with Gasteiger partial charge in [0.1, 0.15) is 22.4 Å². The molecular weight excluding hydrogens is 552 g/mol. The Morgan fingerprint density at radius 2 is 0.682 bits per heavy atom. The van der Waals surface area contributed by atoms with Crippen molar-refractivity contribution in [3.8, 4) is 0 Å². The van der Waals surface area contributed by atoms with E-state index in [4.69, 9.17) is 9.78 Å². The summed E-state index contributed by atoms with van der Waals surface area (Å²) in [4.78, 5) is 64.2. The maximum atomic E-state index is 13.4. The lowest BCUT2D eigenvalue weighted by atomic mass is 9.70. The van der Waals surface area contributed by atoms with E-state index in [1.54, 1.807) is 0 Å². The average Bonchev–Trinajstić information content (AvgIpc) is 3.05. The fourth-order valence-electron chi connectivity index (χ4n) is 7.41. The molecule has 0 N–H and O–H groups in total. The average molecular weight is 619 g/mol. The van der Waals surface area contributed by atoms with Crippen LogP contribution in [0.2, 0.25) is 0 Å². The molecule has 6 heteroatoms. The van der Waals surface area contributed by atoms with E-state index in [1.165, 1.54) is 77.0 Å². The van der Waals surface area contributed by atoms with E-state index < -0.39 is 22.8 Å². The Bertz CT molecular complexity index is 753. The molecule has 44 heavy (non-hydrogen) atoms. The molecule has 0 heterocycles. The summed E-state index contributed by atoms with van der Waals surface area (Å²) in [6, 6.07) is 0. The lowest BCUT2D eigenvalue weighted by Gasteiger charge is -2.34. The van der Waals surface area contributed by atoms with Gasteiger partial charge in [-0.05, 0) is 38.5 Å². The van der Waals surface area contributed by atoms with Gasteiger partial charge in [-0.2, -0.15) is 0 Å². The van der Waals surface area contributed by atoms with Crippen molar-refractivity contribution in [2.24, 2.45) is 10.8 Å². The van der Waals surface area contributed by atoms with E-state index in [0.717, 1.165) is 77.0 Å². The zero-order valence-electron chi connectivity index (χ0n) is 28.7. The summed E-state index contributed by atoms with van der Waals surface area (Å²) in [6.07, 6.45) is 28.6. The van der Waals surface area contributed by atoms with Gasteiger partial charge in [0.05, 0.1) is 0 Å². The highest BCUT2D eigenvalue weighted by Crippen LogP contribution is 2.42. The van der Waals surface area contributed by atoms with Crippen molar-refractivity contribution >= 4 is 23.5 Å². The second-order valence-corrected chi connectivity index (χ2v) is 14.0. The highest BCUT2D eigenvalue weighted by molar-refractivity contribution is 6.05. The van der Waals surface area contributed by atoms with E-state index in [9.17, 15) is 19.2 Å². The van der Waals surface area contributed by atoms with E-state index in [1.807, 2.05) is 0 Å². The Hall–Kier alpha value is -1.72. The van der Waals surface area contributed by atoms with Gasteiger partial charge < -0.3 is 0 Å². The maximum Gasteiger partial charge on any atom is 0.369 e. The molecular formula is C38H66O6. The van der Waals surface area contributed by atoms with Gasteiger partial charge in [0, 0.05) is 12.8 Å². The minimum atomic E-state index is -1.22. The molecule has 0 bridgehead atoms. The van der Waals surface area contributed by atoms with Crippen molar-refractivity contribution in [2.75, 3.05) is 0 Å². The van der Waals surface area contributed by atoms with Gasteiger partial charge in [0.2, 0.25) is 0 Å². The summed E-state index contributed by atoms with van der Waals surface area (Å²) in [5.74, 6) is -1.61. The van der Waals surface area contributed by atoms with Crippen molar-refractivity contribution in [3.63, 3.8) is 0 Å². The maximum absolute atomic E-state index is 13.4. The number of hydrogen-bond donors (Lipinski definition) is 0. The number of unbranched alkanes of at least 4 members (excludes halogenated alkanes) is 16. The van der Waals surface area contributed by atoms with Crippen molar-refractivity contribution in [1.29, 1.82) is 0 Å². The first-order valence-corrected chi connectivity index (χ1v) is 18.9. The molecule has 0 unspecified atom stereocenters. The summed E-state index contributed by atoms with van der Waals surface area (Å²) in [5, 5.41) is 0. The quantitative estimate of drug-likeness (QED) is 0.0463. The van der Waals surface area contributed by atoms with Crippen molar-refractivity contribution in [3.05, 3.63) is 0 Å². The molecule has 2 fully saturated rings. The normalized spacial score (nSPS) is 17.6. The first-order chi connectivity index (χ1) is 21.4. The zero-order valence-corrected chi connectivity index (χ0v) is 28.7. The number of ketones is 2. The van der Waals surface area contributed by atoms with Crippen LogP contribution in [0.4, 0.5) is 0 Å². The molecule has 6 nitrogen and oxygen atoms in total. The van der Waals surface area contributed by atoms with Crippen LogP contribution in [0.1, 0.15) is 206 Å². The standard InChI is InChI=1S/C38H66O6/c1-3-5-7-9-11-13-15-17-21-27-33(39)37(29-23-19-24-30-37)35(41)43-44-36(42)38(31-25-20-26-32-38)34(40)28-22-18-16-14-12-10-8-6-4-2/h3-32H2,1-2H3. The molecule has 2 saturated carbocycles. The van der Waals surface area contributed by atoms with Crippen LogP contribution < -0.4 is 0 Å². The SMILES string of the molecule is CCCCCCCCCCCC(=O)C1(C(=O)OOC(=O)C2(C(=O)CCCCCCCCCCC)CCCCC2)CCCCC1. The predicted octanol–water partition coefficient (Wildman–Crippen LogP) is 10.9. The highest BCUT2D eigenvalue weighted by atomic mass is 17.2. The molecule has 254 valence electrons. The molecule has 0 aromatic carbocycles. The van der Waals surface area contributed by atoms with Gasteiger partial charge in [-0.15, -0.1) is 0 Å². The highest BCUT2D eigenvalue weighted by Gasteiger charge is 2.51. The first-order valence-electron chi connectivity index (χ1n) is 18.9. The fraction of sp³-hybridized carbons (Fsp3) is 0.895. The van der Waals surface area contributed by atoms with Crippen LogP contribution in [-0.2, 0) is 29.0 Å². The number of Topliss-reactive ketones (excluding diaryl/α,β-unsaturated/α-hetero) is 2. The largest absolute Gasteiger partial charge is 0.369 e. The summed E-state index contributed by atoms with van der Waals surface area (Å²) >= 11 is 0. The van der Waals surface area contributed by atoms with Gasteiger partial charge in [-0.1, -0.05) is 155 Å². The van der Waals surface area contributed by atoms with Gasteiger partial charge in [-0.25, -0.2) is 19.4 Å². The summed E-state index contributed by atoms with van der Waals surface area (Å²) in [5.41, 5.74) is -2.45. The molecule has 2 aliphatic rings. The molecule has 0 radical (unpaired) electrons. The Labute approximate surface area is 269 Å². The molecule has 0 atom stereocenters. The number of carbonyl (C=O) groups excluding carboxylic acids is 4. The number of carbonyl (C=O) groups is 4. The number of hydrogen-bond acceptors (Lipinski definition) is 6. The minimum absolute atomic E-state index is 0.0741. The Balaban J connectivity index is 1.84. The van der Waals surface area contributed by atoms with Crippen LogP contribution in [0.15, 0.2) is 0 Å². The monoisotopic (exact) mass is 618 g/mol.